The molecule has 60 heavy (non-hydrogen) atoms. The zero-order valence-electron chi connectivity index (χ0n) is 40.3. The molecule has 0 aliphatic carbocycles. The number of carbonyl (C=O) groups is 3. The Morgan fingerprint density at radius 3 is 1.57 bits per heavy atom. The van der Waals surface area contributed by atoms with E-state index in [1.54, 1.807) is 0 Å². The number of ether oxygens (including phenoxy) is 3. The third-order valence-electron chi connectivity index (χ3n) is 12.7. The van der Waals surface area contributed by atoms with Crippen molar-refractivity contribution in [3.05, 3.63) is 0 Å². The molecule has 0 aromatic heterocycles. The molecule has 0 spiro atoms. The first-order chi connectivity index (χ1) is 29.4. The lowest BCUT2D eigenvalue weighted by atomic mass is 9.93. The van der Waals surface area contributed by atoms with E-state index in [0.717, 1.165) is 110 Å². The van der Waals surface area contributed by atoms with E-state index < -0.39 is 0 Å². The van der Waals surface area contributed by atoms with E-state index in [4.69, 9.17) is 14.2 Å². The largest absolute Gasteiger partial charge is 0.466 e. The van der Waals surface area contributed by atoms with Crippen molar-refractivity contribution in [3.63, 3.8) is 0 Å². The second-order valence-corrected chi connectivity index (χ2v) is 18.4. The third-order valence-corrected chi connectivity index (χ3v) is 12.7. The summed E-state index contributed by atoms with van der Waals surface area (Å²) in [6.45, 7) is 14.1. The number of carbonyl (C=O) groups excluding carboxylic acids is 3. The number of hydrogen-bond donors (Lipinski definition) is 1. The number of nitrogens with zero attached hydrogens (tertiary/aromatic N) is 1. The van der Waals surface area contributed by atoms with Crippen LogP contribution in [0.5, 0.6) is 0 Å². The van der Waals surface area contributed by atoms with Crippen molar-refractivity contribution in [2.45, 2.75) is 271 Å². The van der Waals surface area contributed by atoms with Gasteiger partial charge in [-0.25, -0.2) is 0 Å². The Kier molecular flexibility index (Phi) is 40.0. The van der Waals surface area contributed by atoms with Gasteiger partial charge in [0.2, 0.25) is 5.91 Å². The highest BCUT2D eigenvalue weighted by Crippen LogP contribution is 2.21. The normalized spacial score (nSPS) is 14.2. The maximum Gasteiger partial charge on any atom is 0.306 e. The minimum atomic E-state index is -0.264. The van der Waals surface area contributed by atoms with Crippen molar-refractivity contribution in [2.75, 3.05) is 39.4 Å². The first-order valence-corrected chi connectivity index (χ1v) is 26.4. The highest BCUT2D eigenvalue weighted by molar-refractivity contribution is 5.80. The number of esters is 2. The minimum Gasteiger partial charge on any atom is -0.466 e. The number of unbranched alkanes of at least 4 members (excludes halogenated alkanes) is 20. The molecule has 354 valence electrons. The fourth-order valence-electron chi connectivity index (χ4n) is 8.66. The van der Waals surface area contributed by atoms with Crippen molar-refractivity contribution >= 4 is 17.8 Å². The van der Waals surface area contributed by atoms with Crippen LogP contribution in [0.1, 0.15) is 259 Å². The van der Waals surface area contributed by atoms with Gasteiger partial charge in [-0.15, -0.1) is 0 Å². The minimum absolute atomic E-state index is 0.0127. The highest BCUT2D eigenvalue weighted by atomic mass is 16.5. The Hall–Kier alpha value is -1.67. The van der Waals surface area contributed by atoms with Gasteiger partial charge >= 0.3 is 11.9 Å². The lowest BCUT2D eigenvalue weighted by Crippen LogP contribution is -2.36. The summed E-state index contributed by atoms with van der Waals surface area (Å²) in [7, 11) is 0. The Morgan fingerprint density at radius 1 is 0.550 bits per heavy atom. The predicted molar refractivity (Wildman–Crippen MR) is 252 cm³/mol. The van der Waals surface area contributed by atoms with Crippen molar-refractivity contribution in [3.8, 4) is 0 Å². The lowest BCUT2D eigenvalue weighted by molar-refractivity contribution is -0.150. The molecule has 1 saturated heterocycles. The Bertz CT molecular complexity index is 948. The third kappa shape index (κ3) is 34.9. The van der Waals surface area contributed by atoms with E-state index in [9.17, 15) is 14.4 Å². The topological polar surface area (TPSA) is 94.2 Å². The molecule has 0 aromatic rings. The first kappa shape index (κ1) is 56.3. The van der Waals surface area contributed by atoms with Crippen molar-refractivity contribution in [1.29, 1.82) is 0 Å². The van der Waals surface area contributed by atoms with E-state index in [1.165, 1.54) is 128 Å². The van der Waals surface area contributed by atoms with Crippen LogP contribution in [0.2, 0.25) is 0 Å². The molecule has 1 amide bonds. The quantitative estimate of drug-likeness (QED) is 0.0482. The lowest BCUT2D eigenvalue weighted by Gasteiger charge is -2.22. The van der Waals surface area contributed by atoms with Gasteiger partial charge in [-0.3, -0.25) is 14.4 Å². The molecule has 1 aliphatic rings. The average molecular weight is 849 g/mol. The molecular formula is C52H100N2O6. The molecule has 0 aromatic carbocycles. The Morgan fingerprint density at radius 2 is 1.03 bits per heavy atom. The molecule has 1 heterocycles. The number of amides is 1. The molecular weight excluding hydrogens is 749 g/mol. The van der Waals surface area contributed by atoms with Gasteiger partial charge in [0.1, 0.15) is 12.2 Å². The van der Waals surface area contributed by atoms with Crippen LogP contribution in [0.15, 0.2) is 0 Å². The maximum atomic E-state index is 12.9. The van der Waals surface area contributed by atoms with Gasteiger partial charge in [-0.05, 0) is 103 Å². The summed E-state index contributed by atoms with van der Waals surface area (Å²) in [5.74, 6) is 0.727. The molecule has 1 fully saturated rings. The van der Waals surface area contributed by atoms with E-state index in [2.05, 4.69) is 37.9 Å². The fraction of sp³-hybridized carbons (Fsp3) is 0.942. The highest BCUT2D eigenvalue weighted by Gasteiger charge is 2.23. The van der Waals surface area contributed by atoms with Crippen LogP contribution in [0.3, 0.4) is 0 Å². The summed E-state index contributed by atoms with van der Waals surface area (Å²) in [5.41, 5.74) is 0. The summed E-state index contributed by atoms with van der Waals surface area (Å²) in [6.07, 6.45) is 40.6. The summed E-state index contributed by atoms with van der Waals surface area (Å²) in [5, 5.41) is 3.10. The van der Waals surface area contributed by atoms with Crippen LogP contribution in [0.25, 0.3) is 0 Å². The van der Waals surface area contributed by atoms with Crippen molar-refractivity contribution in [2.24, 2.45) is 5.92 Å². The smallest absolute Gasteiger partial charge is 0.306 e. The van der Waals surface area contributed by atoms with E-state index in [-0.39, 0.29) is 30.1 Å². The average Bonchev–Trinajstić information content (AvgIpc) is 3.80. The number of hydrogen-bond acceptors (Lipinski definition) is 7. The zero-order chi connectivity index (χ0) is 43.6. The standard InChI is InChI=1S/C52H100N2O6/c1-5-9-13-15-19-25-35-48(36-26-20-16-14-10-6-2)60-51(56)39-28-22-18-24-30-43-54(44-32-41-53-52(57)49-37-31-45-58-49)42-29-23-17-21-27-38-50(55)59-46-40-47(33-11-7-3)34-12-8-4/h47-49H,5-46H2,1-4H3,(H,53,57). The molecule has 0 radical (unpaired) electrons. The number of nitrogens with one attached hydrogen (secondary N) is 1. The molecule has 8 nitrogen and oxygen atoms in total. The predicted octanol–water partition coefficient (Wildman–Crippen LogP) is 14.0. The van der Waals surface area contributed by atoms with Crippen LogP contribution in [-0.4, -0.2) is 74.3 Å². The Labute approximate surface area is 371 Å². The van der Waals surface area contributed by atoms with Crippen molar-refractivity contribution < 1.29 is 28.6 Å². The van der Waals surface area contributed by atoms with Gasteiger partial charge in [-0.2, -0.15) is 0 Å². The fourth-order valence-corrected chi connectivity index (χ4v) is 8.66. The van der Waals surface area contributed by atoms with Gasteiger partial charge in [0.05, 0.1) is 6.61 Å². The molecule has 1 atom stereocenters. The molecule has 1 aliphatic heterocycles. The van der Waals surface area contributed by atoms with Crippen LogP contribution in [-0.2, 0) is 28.6 Å². The van der Waals surface area contributed by atoms with Gasteiger partial charge < -0.3 is 24.4 Å². The first-order valence-electron chi connectivity index (χ1n) is 26.4. The Balaban J connectivity index is 2.35. The molecule has 1 unspecified atom stereocenters. The maximum absolute atomic E-state index is 12.9. The van der Waals surface area contributed by atoms with Gasteiger partial charge in [-0.1, -0.05) is 169 Å². The van der Waals surface area contributed by atoms with E-state index >= 15 is 0 Å². The van der Waals surface area contributed by atoms with Crippen LogP contribution < -0.4 is 5.32 Å². The summed E-state index contributed by atoms with van der Waals surface area (Å²) in [6, 6.07) is 0. The second kappa shape index (κ2) is 42.6. The molecule has 0 bridgehead atoms. The molecule has 1 rings (SSSR count). The SMILES string of the molecule is CCCCCCCCC(CCCCCCCC)OC(=O)CCCCCCCN(CCCCCCCC(=O)OCCC(CCCC)CCCC)CCCNC(=O)C1CCCO1. The zero-order valence-corrected chi connectivity index (χ0v) is 40.3. The molecule has 1 N–H and O–H groups in total. The van der Waals surface area contributed by atoms with Crippen LogP contribution in [0.4, 0.5) is 0 Å². The monoisotopic (exact) mass is 849 g/mol. The second-order valence-electron chi connectivity index (χ2n) is 18.4. The van der Waals surface area contributed by atoms with Crippen molar-refractivity contribution in [1.82, 2.24) is 10.2 Å². The summed E-state index contributed by atoms with van der Waals surface area (Å²) in [4.78, 5) is 40.2. The van der Waals surface area contributed by atoms with Crippen LogP contribution in [0, 0.1) is 5.92 Å². The number of rotatable bonds is 45. The molecule has 8 heteroatoms. The van der Waals surface area contributed by atoms with E-state index in [0.29, 0.717) is 38.5 Å². The van der Waals surface area contributed by atoms with Gasteiger partial charge in [0.15, 0.2) is 0 Å². The van der Waals surface area contributed by atoms with Gasteiger partial charge in [0.25, 0.3) is 0 Å². The van der Waals surface area contributed by atoms with E-state index in [1.807, 2.05) is 0 Å². The summed E-state index contributed by atoms with van der Waals surface area (Å²) < 4.78 is 17.3. The van der Waals surface area contributed by atoms with Gasteiger partial charge in [0, 0.05) is 26.0 Å². The summed E-state index contributed by atoms with van der Waals surface area (Å²) >= 11 is 0. The molecule has 0 saturated carbocycles. The van der Waals surface area contributed by atoms with Crippen LogP contribution >= 0.6 is 0 Å².